The molecule has 2 unspecified atom stereocenters. The van der Waals surface area contributed by atoms with Gasteiger partial charge in [-0.25, -0.2) is 0 Å². The van der Waals surface area contributed by atoms with Gasteiger partial charge in [-0.2, -0.15) is 4.68 Å². The van der Waals surface area contributed by atoms with Crippen molar-refractivity contribution >= 4 is 5.91 Å². The lowest BCUT2D eigenvalue weighted by Gasteiger charge is -2.18. The van der Waals surface area contributed by atoms with Gasteiger partial charge >= 0.3 is 0 Å². The maximum atomic E-state index is 12.6. The molecule has 3 aromatic rings. The van der Waals surface area contributed by atoms with Gasteiger partial charge in [-0.05, 0) is 47.4 Å². The van der Waals surface area contributed by atoms with Gasteiger partial charge in [-0.15, -0.1) is 5.10 Å². The average molecular weight is 349 g/mol. The van der Waals surface area contributed by atoms with E-state index in [2.05, 4.69) is 39.9 Å². The van der Waals surface area contributed by atoms with E-state index in [4.69, 9.17) is 0 Å². The van der Waals surface area contributed by atoms with Crippen LogP contribution >= 0.6 is 0 Å². The van der Waals surface area contributed by atoms with Gasteiger partial charge in [-0.3, -0.25) is 4.79 Å². The highest BCUT2D eigenvalue weighted by Crippen LogP contribution is 2.23. The normalized spacial score (nSPS) is 13.2. The molecule has 0 aliphatic carbocycles. The minimum atomic E-state index is -0.286. The second-order valence-electron chi connectivity index (χ2n) is 6.29. The van der Waals surface area contributed by atoms with Crippen LogP contribution in [0.3, 0.4) is 0 Å². The van der Waals surface area contributed by atoms with Crippen LogP contribution in [0.4, 0.5) is 0 Å². The maximum absolute atomic E-state index is 12.6. The average Bonchev–Trinajstić information content (AvgIpc) is 3.17. The molecule has 0 saturated heterocycles. The summed E-state index contributed by atoms with van der Waals surface area (Å²) in [5, 5.41) is 14.9. The van der Waals surface area contributed by atoms with Crippen molar-refractivity contribution in [1.29, 1.82) is 0 Å². The number of amides is 1. The highest BCUT2D eigenvalue weighted by Gasteiger charge is 2.20. The Morgan fingerprint density at radius 3 is 2.38 bits per heavy atom. The number of nitrogens with one attached hydrogen (secondary N) is 1. The lowest BCUT2D eigenvalue weighted by molar-refractivity contribution is -0.122. The third-order valence-electron chi connectivity index (χ3n) is 4.45. The summed E-state index contributed by atoms with van der Waals surface area (Å²) in [4.78, 5) is 12.6. The predicted octanol–water partition coefficient (Wildman–Crippen LogP) is 3.42. The first-order valence-corrected chi connectivity index (χ1v) is 8.87. The second kappa shape index (κ2) is 8.38. The summed E-state index contributed by atoms with van der Waals surface area (Å²) >= 11 is 0. The molecular weight excluding hydrogens is 326 g/mol. The van der Waals surface area contributed by atoms with Crippen LogP contribution in [0.25, 0.3) is 5.69 Å². The minimum absolute atomic E-state index is 0.00388. The van der Waals surface area contributed by atoms with Gasteiger partial charge in [0.15, 0.2) is 5.82 Å². The Balaban J connectivity index is 1.68. The lowest BCUT2D eigenvalue weighted by Crippen LogP contribution is -2.29. The van der Waals surface area contributed by atoms with Crippen LogP contribution < -0.4 is 5.32 Å². The van der Waals surface area contributed by atoms with E-state index in [9.17, 15) is 4.79 Å². The molecule has 134 valence electrons. The van der Waals surface area contributed by atoms with Crippen LogP contribution in [0.5, 0.6) is 0 Å². The van der Waals surface area contributed by atoms with Crippen molar-refractivity contribution in [3.8, 4) is 5.69 Å². The van der Waals surface area contributed by atoms with E-state index >= 15 is 0 Å². The summed E-state index contributed by atoms with van der Waals surface area (Å²) in [6.07, 6.45) is 1.35. The Morgan fingerprint density at radius 2 is 1.73 bits per heavy atom. The van der Waals surface area contributed by atoms with Crippen molar-refractivity contribution in [3.05, 3.63) is 72.1 Å². The van der Waals surface area contributed by atoms with E-state index in [1.807, 2.05) is 55.5 Å². The number of nitrogens with zero attached hydrogens (tertiary/aromatic N) is 4. The summed E-state index contributed by atoms with van der Waals surface area (Å²) in [6, 6.07) is 19.5. The Kier molecular flexibility index (Phi) is 5.73. The van der Waals surface area contributed by atoms with Crippen LogP contribution in [0.2, 0.25) is 0 Å². The fourth-order valence-electron chi connectivity index (χ4n) is 3.03. The number of carbonyl (C=O) groups is 1. The highest BCUT2D eigenvalue weighted by molar-refractivity contribution is 5.77. The van der Waals surface area contributed by atoms with Gasteiger partial charge in [0.2, 0.25) is 5.91 Å². The molecule has 1 aromatic heterocycles. The fraction of sp³-hybridized carbons (Fsp3) is 0.300. The van der Waals surface area contributed by atoms with Crippen LogP contribution in [-0.4, -0.2) is 26.1 Å². The van der Waals surface area contributed by atoms with Crippen molar-refractivity contribution in [2.45, 2.75) is 38.6 Å². The quantitative estimate of drug-likeness (QED) is 0.709. The first-order valence-electron chi connectivity index (χ1n) is 8.87. The number of tetrazole rings is 1. The molecule has 0 bridgehead atoms. The predicted molar refractivity (Wildman–Crippen MR) is 99.8 cm³/mol. The zero-order valence-electron chi connectivity index (χ0n) is 15.0. The van der Waals surface area contributed by atoms with E-state index < -0.39 is 0 Å². The van der Waals surface area contributed by atoms with E-state index in [1.165, 1.54) is 5.56 Å². The van der Waals surface area contributed by atoms with Crippen LogP contribution in [-0.2, 0) is 4.79 Å². The summed E-state index contributed by atoms with van der Waals surface area (Å²) in [5.41, 5.74) is 2.05. The van der Waals surface area contributed by atoms with Crippen molar-refractivity contribution in [2.24, 2.45) is 0 Å². The monoisotopic (exact) mass is 349 g/mol. The molecule has 1 amide bonds. The zero-order chi connectivity index (χ0) is 18.4. The molecule has 0 saturated carbocycles. The molecule has 0 fully saturated rings. The third-order valence-corrected chi connectivity index (χ3v) is 4.45. The zero-order valence-corrected chi connectivity index (χ0v) is 15.0. The molecule has 0 spiro atoms. The Labute approximate surface area is 153 Å². The number of para-hydroxylation sites is 1. The first-order chi connectivity index (χ1) is 12.7. The third kappa shape index (κ3) is 4.14. The number of carbonyl (C=O) groups excluding carboxylic acids is 1. The Morgan fingerprint density at radius 1 is 1.08 bits per heavy atom. The topological polar surface area (TPSA) is 72.7 Å². The Hall–Kier alpha value is -3.02. The minimum Gasteiger partial charge on any atom is -0.346 e. The molecule has 2 atom stereocenters. The van der Waals surface area contributed by atoms with Crippen molar-refractivity contribution in [2.75, 3.05) is 0 Å². The molecule has 6 heteroatoms. The summed E-state index contributed by atoms with van der Waals surface area (Å²) < 4.78 is 1.65. The standard InChI is InChI=1S/C20H23N5O/c1-3-16(17-10-6-4-7-11-17)14-19(26)21-15(2)20-22-23-24-25(20)18-12-8-5-9-13-18/h4-13,15-16H,3,14H2,1-2H3,(H,21,26). The number of benzene rings is 2. The molecule has 0 aliphatic rings. The Bertz CT molecular complexity index is 832. The van der Waals surface area contributed by atoms with Gasteiger partial charge in [0.25, 0.3) is 0 Å². The SMILES string of the molecule is CCC(CC(=O)NC(C)c1nnnn1-c1ccccc1)c1ccccc1. The smallest absolute Gasteiger partial charge is 0.221 e. The van der Waals surface area contributed by atoms with Crippen LogP contribution in [0.15, 0.2) is 60.7 Å². The van der Waals surface area contributed by atoms with E-state index in [0.717, 1.165) is 12.1 Å². The maximum Gasteiger partial charge on any atom is 0.221 e. The molecule has 0 radical (unpaired) electrons. The van der Waals surface area contributed by atoms with Crippen molar-refractivity contribution in [1.82, 2.24) is 25.5 Å². The van der Waals surface area contributed by atoms with E-state index in [1.54, 1.807) is 4.68 Å². The van der Waals surface area contributed by atoms with E-state index in [0.29, 0.717) is 12.2 Å². The lowest BCUT2D eigenvalue weighted by atomic mass is 9.93. The van der Waals surface area contributed by atoms with Crippen LogP contribution in [0, 0.1) is 0 Å². The van der Waals surface area contributed by atoms with Crippen molar-refractivity contribution in [3.63, 3.8) is 0 Å². The largest absolute Gasteiger partial charge is 0.346 e. The van der Waals surface area contributed by atoms with E-state index in [-0.39, 0.29) is 17.9 Å². The van der Waals surface area contributed by atoms with Gasteiger partial charge in [0.05, 0.1) is 11.7 Å². The molecule has 3 rings (SSSR count). The molecule has 2 aromatic carbocycles. The number of aromatic nitrogens is 4. The van der Waals surface area contributed by atoms with Crippen molar-refractivity contribution < 1.29 is 4.79 Å². The molecule has 6 nitrogen and oxygen atoms in total. The molecule has 1 N–H and O–H groups in total. The van der Waals surface area contributed by atoms with Gasteiger partial charge < -0.3 is 5.32 Å². The summed E-state index contributed by atoms with van der Waals surface area (Å²) in [7, 11) is 0. The summed E-state index contributed by atoms with van der Waals surface area (Å²) in [5.74, 6) is 0.807. The van der Waals surface area contributed by atoms with Gasteiger partial charge in [0.1, 0.15) is 0 Å². The first kappa shape index (κ1) is 17.8. The molecule has 1 heterocycles. The summed E-state index contributed by atoms with van der Waals surface area (Å²) in [6.45, 7) is 4.00. The molecular formula is C20H23N5O. The molecule has 26 heavy (non-hydrogen) atoms. The number of hydrogen-bond acceptors (Lipinski definition) is 4. The number of rotatable bonds is 7. The molecule has 0 aliphatic heterocycles. The van der Waals surface area contributed by atoms with Gasteiger partial charge in [0, 0.05) is 6.42 Å². The van der Waals surface area contributed by atoms with Gasteiger partial charge in [-0.1, -0.05) is 55.5 Å². The second-order valence-corrected chi connectivity index (χ2v) is 6.29. The fourth-order valence-corrected chi connectivity index (χ4v) is 3.03. The number of hydrogen-bond donors (Lipinski definition) is 1. The van der Waals surface area contributed by atoms with Crippen LogP contribution in [0.1, 0.15) is 50.0 Å². The highest BCUT2D eigenvalue weighted by atomic mass is 16.1.